The van der Waals surface area contributed by atoms with Gasteiger partial charge in [-0.05, 0) is 31.2 Å². The smallest absolute Gasteiger partial charge is 0.0994 e. The zero-order chi connectivity index (χ0) is 10.8. The van der Waals surface area contributed by atoms with Gasteiger partial charge in [0, 0.05) is 16.8 Å². The lowest BCUT2D eigenvalue weighted by Crippen LogP contribution is -2.10. The molecule has 3 nitrogen and oxygen atoms in total. The van der Waals surface area contributed by atoms with E-state index in [1.807, 2.05) is 35.8 Å². The third-order valence-electron chi connectivity index (χ3n) is 2.24. The van der Waals surface area contributed by atoms with Crippen molar-refractivity contribution in [1.29, 1.82) is 0 Å². The molecule has 78 valence electrons. The average Bonchev–Trinajstić information content (AvgIpc) is 2.67. The molecule has 1 atom stereocenters. The number of benzene rings is 1. The van der Waals surface area contributed by atoms with Gasteiger partial charge in [0.25, 0.3) is 0 Å². The lowest BCUT2D eigenvalue weighted by atomic mass is 10.2. The van der Waals surface area contributed by atoms with E-state index in [9.17, 15) is 0 Å². The van der Waals surface area contributed by atoms with E-state index in [-0.39, 0.29) is 6.04 Å². The van der Waals surface area contributed by atoms with Crippen molar-refractivity contribution in [1.82, 2.24) is 9.55 Å². The summed E-state index contributed by atoms with van der Waals surface area (Å²) in [4.78, 5) is 4.09. The molecule has 0 radical (unpaired) electrons. The number of imidazole rings is 1. The van der Waals surface area contributed by atoms with E-state index in [1.54, 1.807) is 12.5 Å². The van der Waals surface area contributed by atoms with E-state index in [4.69, 9.17) is 17.3 Å². The number of halogens is 1. The molecular formula is C11H12ClN3. The lowest BCUT2D eigenvalue weighted by molar-refractivity contribution is 0.752. The van der Waals surface area contributed by atoms with Crippen molar-refractivity contribution in [2.45, 2.75) is 13.0 Å². The molecule has 1 aromatic carbocycles. The van der Waals surface area contributed by atoms with Crippen molar-refractivity contribution in [3.05, 3.63) is 47.5 Å². The first-order chi connectivity index (χ1) is 7.18. The van der Waals surface area contributed by atoms with Crippen LogP contribution in [0.25, 0.3) is 5.69 Å². The van der Waals surface area contributed by atoms with Crippen LogP contribution in [-0.2, 0) is 0 Å². The minimum Gasteiger partial charge on any atom is -0.323 e. The molecule has 1 aromatic heterocycles. The van der Waals surface area contributed by atoms with Gasteiger partial charge in [0.05, 0.1) is 18.2 Å². The second kappa shape index (κ2) is 4.04. The molecule has 0 amide bonds. The fourth-order valence-electron chi connectivity index (χ4n) is 1.46. The molecule has 1 heterocycles. The molecule has 0 unspecified atom stereocenters. The van der Waals surface area contributed by atoms with Crippen LogP contribution in [0.3, 0.4) is 0 Å². The number of aromatic nitrogens is 2. The normalized spacial score (nSPS) is 12.7. The van der Waals surface area contributed by atoms with E-state index in [2.05, 4.69) is 4.98 Å². The van der Waals surface area contributed by atoms with Crippen molar-refractivity contribution >= 4 is 11.6 Å². The summed E-state index contributed by atoms with van der Waals surface area (Å²) >= 11 is 5.83. The third-order valence-corrected chi connectivity index (χ3v) is 2.49. The Kier molecular flexibility index (Phi) is 2.75. The highest BCUT2D eigenvalue weighted by Gasteiger charge is 2.07. The molecule has 2 aromatic rings. The van der Waals surface area contributed by atoms with Crippen molar-refractivity contribution in [2.75, 3.05) is 0 Å². The molecule has 0 aliphatic heterocycles. The van der Waals surface area contributed by atoms with Crippen LogP contribution in [0.15, 0.2) is 36.8 Å². The standard InChI is InChI=1S/C11H12ClN3/c1-8(13)11-6-14-7-15(11)10-4-2-9(12)3-5-10/h2-8H,13H2,1H3/t8-/m1/s1. The molecule has 0 saturated carbocycles. The number of nitrogens with two attached hydrogens (primary N) is 1. The maximum atomic E-state index is 5.84. The van der Waals surface area contributed by atoms with Crippen molar-refractivity contribution < 1.29 is 0 Å². The molecule has 0 fully saturated rings. The summed E-state index contributed by atoms with van der Waals surface area (Å²) in [6, 6.07) is 7.54. The van der Waals surface area contributed by atoms with Crippen LogP contribution in [0.5, 0.6) is 0 Å². The van der Waals surface area contributed by atoms with Crippen molar-refractivity contribution in [3.8, 4) is 5.69 Å². The predicted molar refractivity (Wildman–Crippen MR) is 61.2 cm³/mol. The molecule has 0 aliphatic rings. The summed E-state index contributed by atoms with van der Waals surface area (Å²) in [5.74, 6) is 0. The van der Waals surface area contributed by atoms with Gasteiger partial charge < -0.3 is 10.3 Å². The quantitative estimate of drug-likeness (QED) is 0.847. The monoisotopic (exact) mass is 221 g/mol. The number of hydrogen-bond donors (Lipinski definition) is 1. The van der Waals surface area contributed by atoms with E-state index >= 15 is 0 Å². The predicted octanol–water partition coefficient (Wildman–Crippen LogP) is 2.55. The van der Waals surface area contributed by atoms with Gasteiger partial charge in [-0.1, -0.05) is 11.6 Å². The third kappa shape index (κ3) is 2.03. The highest BCUT2D eigenvalue weighted by atomic mass is 35.5. The number of nitrogens with zero attached hydrogens (tertiary/aromatic N) is 2. The Morgan fingerprint density at radius 3 is 2.60 bits per heavy atom. The SMILES string of the molecule is C[C@@H](N)c1cncn1-c1ccc(Cl)cc1. The number of rotatable bonds is 2. The van der Waals surface area contributed by atoms with Gasteiger partial charge in [-0.25, -0.2) is 4.98 Å². The Labute approximate surface area is 93.5 Å². The summed E-state index contributed by atoms with van der Waals surface area (Å²) in [5.41, 5.74) is 7.84. The Balaban J connectivity index is 2.45. The Morgan fingerprint density at radius 2 is 2.00 bits per heavy atom. The van der Waals surface area contributed by atoms with E-state index in [0.29, 0.717) is 0 Å². The highest BCUT2D eigenvalue weighted by Crippen LogP contribution is 2.17. The second-order valence-corrected chi connectivity index (χ2v) is 3.89. The zero-order valence-corrected chi connectivity index (χ0v) is 9.15. The summed E-state index contributed by atoms with van der Waals surface area (Å²) in [5, 5.41) is 0.723. The van der Waals surface area contributed by atoms with Crippen LogP contribution in [0, 0.1) is 0 Å². The lowest BCUT2D eigenvalue weighted by Gasteiger charge is -2.10. The minimum absolute atomic E-state index is 0.0387. The molecule has 4 heteroatoms. The molecule has 15 heavy (non-hydrogen) atoms. The molecular weight excluding hydrogens is 210 g/mol. The fourth-order valence-corrected chi connectivity index (χ4v) is 1.59. The Morgan fingerprint density at radius 1 is 1.33 bits per heavy atom. The van der Waals surface area contributed by atoms with Crippen molar-refractivity contribution in [3.63, 3.8) is 0 Å². The Hall–Kier alpha value is -1.32. The average molecular weight is 222 g/mol. The van der Waals surface area contributed by atoms with Gasteiger partial charge in [0.1, 0.15) is 0 Å². The van der Waals surface area contributed by atoms with Gasteiger partial charge >= 0.3 is 0 Å². The van der Waals surface area contributed by atoms with Gasteiger partial charge in [-0.15, -0.1) is 0 Å². The van der Waals surface area contributed by atoms with Gasteiger partial charge in [0.15, 0.2) is 0 Å². The molecule has 2 rings (SSSR count). The summed E-state index contributed by atoms with van der Waals surface area (Å²) in [6.07, 6.45) is 3.53. The Bertz CT molecular complexity index is 445. The van der Waals surface area contributed by atoms with Gasteiger partial charge in [-0.3, -0.25) is 0 Å². The molecule has 0 aliphatic carbocycles. The molecule has 0 saturated heterocycles. The zero-order valence-electron chi connectivity index (χ0n) is 8.39. The fraction of sp³-hybridized carbons (Fsp3) is 0.182. The van der Waals surface area contributed by atoms with Crippen LogP contribution in [-0.4, -0.2) is 9.55 Å². The molecule has 2 N–H and O–H groups in total. The van der Waals surface area contributed by atoms with Crippen LogP contribution in [0.4, 0.5) is 0 Å². The summed E-state index contributed by atoms with van der Waals surface area (Å²) in [6.45, 7) is 1.93. The summed E-state index contributed by atoms with van der Waals surface area (Å²) < 4.78 is 1.96. The minimum atomic E-state index is -0.0387. The highest BCUT2D eigenvalue weighted by molar-refractivity contribution is 6.30. The molecule has 0 bridgehead atoms. The van der Waals surface area contributed by atoms with E-state index in [1.165, 1.54) is 0 Å². The van der Waals surface area contributed by atoms with Crippen molar-refractivity contribution in [2.24, 2.45) is 5.73 Å². The first-order valence-corrected chi connectivity index (χ1v) is 5.10. The van der Waals surface area contributed by atoms with Crippen LogP contribution in [0.1, 0.15) is 18.7 Å². The topological polar surface area (TPSA) is 43.8 Å². The first-order valence-electron chi connectivity index (χ1n) is 4.72. The first kappa shape index (κ1) is 10.2. The van der Waals surface area contributed by atoms with Crippen LogP contribution in [0.2, 0.25) is 5.02 Å². The maximum Gasteiger partial charge on any atom is 0.0994 e. The van der Waals surface area contributed by atoms with Gasteiger partial charge in [-0.2, -0.15) is 0 Å². The number of hydrogen-bond acceptors (Lipinski definition) is 2. The van der Waals surface area contributed by atoms with Crippen LogP contribution < -0.4 is 5.73 Å². The van der Waals surface area contributed by atoms with Crippen LogP contribution >= 0.6 is 11.6 Å². The molecule has 0 spiro atoms. The van der Waals surface area contributed by atoms with Gasteiger partial charge in [0.2, 0.25) is 0 Å². The maximum absolute atomic E-state index is 5.84. The second-order valence-electron chi connectivity index (χ2n) is 3.45. The van der Waals surface area contributed by atoms with E-state index in [0.717, 1.165) is 16.4 Å². The summed E-state index contributed by atoms with van der Waals surface area (Å²) in [7, 11) is 0. The van der Waals surface area contributed by atoms with E-state index < -0.39 is 0 Å². The largest absolute Gasteiger partial charge is 0.323 e.